The summed E-state index contributed by atoms with van der Waals surface area (Å²) in [5.41, 5.74) is 0. The Hall–Kier alpha value is -1.33. The van der Waals surface area contributed by atoms with Crippen LogP contribution in [-0.2, 0) is 6.54 Å². The molecule has 0 aliphatic heterocycles. The molecule has 2 rings (SSSR count). The van der Waals surface area contributed by atoms with Crippen molar-refractivity contribution in [1.82, 2.24) is 14.9 Å². The molecule has 114 valence electrons. The monoisotopic (exact) mass is 307 g/mol. The number of benzene rings is 1. The van der Waals surface area contributed by atoms with E-state index in [1.54, 1.807) is 6.07 Å². The van der Waals surface area contributed by atoms with Crippen molar-refractivity contribution in [2.45, 2.75) is 37.8 Å². The molecule has 21 heavy (non-hydrogen) atoms. The highest BCUT2D eigenvalue weighted by Gasteiger charge is 2.17. The number of hydrogen-bond acceptors (Lipinski definition) is 3. The summed E-state index contributed by atoms with van der Waals surface area (Å²) in [4.78, 5) is 5.17. The zero-order valence-electron chi connectivity index (χ0n) is 12.6. The van der Waals surface area contributed by atoms with Gasteiger partial charge >= 0.3 is 0 Å². The lowest BCUT2D eigenvalue weighted by Crippen LogP contribution is -2.26. The maximum absolute atomic E-state index is 13.7. The van der Waals surface area contributed by atoms with Crippen LogP contribution in [0.5, 0.6) is 0 Å². The lowest BCUT2D eigenvalue weighted by atomic mass is 10.3. The third kappa shape index (κ3) is 4.32. The van der Waals surface area contributed by atoms with Crippen LogP contribution in [0.2, 0.25) is 0 Å². The van der Waals surface area contributed by atoms with E-state index in [1.807, 2.05) is 24.5 Å². The van der Waals surface area contributed by atoms with Crippen molar-refractivity contribution >= 4 is 11.8 Å². The first-order valence-electron chi connectivity index (χ1n) is 7.38. The lowest BCUT2D eigenvalue weighted by Gasteiger charge is -2.18. The number of nitrogens with zero attached hydrogens (tertiary/aromatic N) is 2. The fourth-order valence-corrected chi connectivity index (χ4v) is 3.26. The number of thioether (sulfide) groups is 1. The van der Waals surface area contributed by atoms with Crippen LogP contribution in [0.25, 0.3) is 0 Å². The molecule has 1 atom stereocenters. The highest BCUT2D eigenvalue weighted by Crippen LogP contribution is 2.26. The van der Waals surface area contributed by atoms with Crippen molar-refractivity contribution in [2.24, 2.45) is 0 Å². The summed E-state index contributed by atoms with van der Waals surface area (Å²) in [6.07, 6.45) is 4.92. The molecule has 0 spiro atoms. The molecule has 0 radical (unpaired) electrons. The average molecular weight is 307 g/mol. The van der Waals surface area contributed by atoms with Crippen LogP contribution in [0.3, 0.4) is 0 Å². The summed E-state index contributed by atoms with van der Waals surface area (Å²) in [7, 11) is 0. The molecule has 0 bridgehead atoms. The normalized spacial score (nSPS) is 12.5. The second-order valence-corrected chi connectivity index (χ2v) is 5.89. The molecule has 0 aliphatic carbocycles. The van der Waals surface area contributed by atoms with Gasteiger partial charge in [0.05, 0.1) is 6.04 Å². The Bertz CT molecular complexity index is 556. The van der Waals surface area contributed by atoms with Crippen molar-refractivity contribution in [3.05, 3.63) is 48.3 Å². The Morgan fingerprint density at radius 1 is 1.33 bits per heavy atom. The molecule has 5 heteroatoms. The fraction of sp³-hybridized carbons (Fsp3) is 0.438. The molecule has 0 saturated heterocycles. The zero-order chi connectivity index (χ0) is 15.1. The van der Waals surface area contributed by atoms with Gasteiger partial charge in [-0.2, -0.15) is 0 Å². The number of rotatable bonds is 8. The van der Waals surface area contributed by atoms with Crippen LogP contribution < -0.4 is 5.32 Å². The predicted molar refractivity (Wildman–Crippen MR) is 86.1 cm³/mol. The van der Waals surface area contributed by atoms with E-state index in [0.717, 1.165) is 31.1 Å². The molecule has 1 N–H and O–H groups in total. The van der Waals surface area contributed by atoms with Crippen LogP contribution in [0.4, 0.5) is 4.39 Å². The minimum Gasteiger partial charge on any atom is -0.334 e. The Morgan fingerprint density at radius 2 is 2.14 bits per heavy atom. The fourth-order valence-electron chi connectivity index (χ4n) is 2.27. The van der Waals surface area contributed by atoms with Crippen molar-refractivity contribution in [3.63, 3.8) is 0 Å². The highest BCUT2D eigenvalue weighted by molar-refractivity contribution is 7.99. The van der Waals surface area contributed by atoms with Crippen molar-refractivity contribution < 1.29 is 4.39 Å². The molecule has 0 amide bonds. The van der Waals surface area contributed by atoms with Crippen LogP contribution >= 0.6 is 11.8 Å². The zero-order valence-corrected chi connectivity index (χ0v) is 13.4. The third-order valence-electron chi connectivity index (χ3n) is 3.22. The van der Waals surface area contributed by atoms with Crippen molar-refractivity contribution in [2.75, 3.05) is 12.3 Å². The van der Waals surface area contributed by atoms with Gasteiger partial charge in [0.15, 0.2) is 0 Å². The van der Waals surface area contributed by atoms with E-state index in [4.69, 9.17) is 0 Å². The Kier molecular flexibility index (Phi) is 6.26. The van der Waals surface area contributed by atoms with Gasteiger partial charge in [-0.05, 0) is 25.1 Å². The van der Waals surface area contributed by atoms with Gasteiger partial charge < -0.3 is 9.88 Å². The molecule has 1 aromatic carbocycles. The number of nitrogens with one attached hydrogen (secondary N) is 1. The summed E-state index contributed by atoms with van der Waals surface area (Å²) in [6, 6.07) is 7.03. The number of hydrogen-bond donors (Lipinski definition) is 1. The number of aromatic nitrogens is 2. The van der Waals surface area contributed by atoms with E-state index in [2.05, 4.69) is 28.7 Å². The second-order valence-electron chi connectivity index (χ2n) is 4.83. The third-order valence-corrected chi connectivity index (χ3v) is 4.36. The Balaban J connectivity index is 2.08. The first-order chi connectivity index (χ1) is 10.3. The summed E-state index contributed by atoms with van der Waals surface area (Å²) in [5, 5.41) is 3.45. The molecule has 1 heterocycles. The van der Waals surface area contributed by atoms with Gasteiger partial charge in [-0.25, -0.2) is 9.37 Å². The van der Waals surface area contributed by atoms with Crippen molar-refractivity contribution in [3.8, 4) is 0 Å². The molecule has 3 nitrogen and oxygen atoms in total. The van der Waals surface area contributed by atoms with Gasteiger partial charge in [-0.15, -0.1) is 11.8 Å². The minimum atomic E-state index is -0.158. The number of halogens is 1. The van der Waals surface area contributed by atoms with Gasteiger partial charge in [0.25, 0.3) is 0 Å². The van der Waals surface area contributed by atoms with Gasteiger partial charge in [-0.1, -0.05) is 26.0 Å². The first kappa shape index (κ1) is 16.0. The molecular formula is C16H22FN3S. The molecule has 1 aromatic heterocycles. The quantitative estimate of drug-likeness (QED) is 0.751. The van der Waals surface area contributed by atoms with Gasteiger partial charge in [0.1, 0.15) is 11.6 Å². The van der Waals surface area contributed by atoms with E-state index in [-0.39, 0.29) is 11.9 Å². The van der Waals surface area contributed by atoms with E-state index < -0.39 is 0 Å². The van der Waals surface area contributed by atoms with Crippen LogP contribution in [0.15, 0.2) is 41.6 Å². The summed E-state index contributed by atoms with van der Waals surface area (Å²) in [5.74, 6) is 1.63. The summed E-state index contributed by atoms with van der Waals surface area (Å²) in [6.45, 7) is 6.05. The number of imidazole rings is 1. The molecule has 0 saturated carbocycles. The SMILES string of the molecule is CCCn1ccnc1C(CSc1ccccc1F)NCC. The smallest absolute Gasteiger partial charge is 0.136 e. The van der Waals surface area contributed by atoms with Gasteiger partial charge in [0.2, 0.25) is 0 Å². The van der Waals surface area contributed by atoms with Crippen LogP contribution in [0, 0.1) is 5.82 Å². The van der Waals surface area contributed by atoms with E-state index in [0.29, 0.717) is 4.90 Å². The average Bonchev–Trinajstić information content (AvgIpc) is 2.93. The van der Waals surface area contributed by atoms with Crippen LogP contribution in [0.1, 0.15) is 32.1 Å². The first-order valence-corrected chi connectivity index (χ1v) is 8.36. The van der Waals surface area contributed by atoms with Gasteiger partial charge in [0, 0.05) is 29.6 Å². The maximum Gasteiger partial charge on any atom is 0.136 e. The van der Waals surface area contributed by atoms with E-state index in [1.165, 1.54) is 17.8 Å². The summed E-state index contributed by atoms with van der Waals surface area (Å²) < 4.78 is 15.9. The Morgan fingerprint density at radius 3 is 2.86 bits per heavy atom. The standard InChI is InChI=1S/C16H22FN3S/c1-3-10-20-11-9-19-16(20)14(18-4-2)12-21-15-8-6-5-7-13(15)17/h5-9,11,14,18H,3-4,10,12H2,1-2H3. The molecule has 0 aliphatic rings. The minimum absolute atomic E-state index is 0.126. The Labute approximate surface area is 130 Å². The lowest BCUT2D eigenvalue weighted by molar-refractivity contribution is 0.526. The van der Waals surface area contributed by atoms with Crippen molar-refractivity contribution in [1.29, 1.82) is 0 Å². The largest absolute Gasteiger partial charge is 0.334 e. The van der Waals surface area contributed by atoms with Gasteiger partial charge in [-0.3, -0.25) is 0 Å². The highest BCUT2D eigenvalue weighted by atomic mass is 32.2. The number of aryl methyl sites for hydroxylation is 1. The van der Waals surface area contributed by atoms with Crippen LogP contribution in [-0.4, -0.2) is 21.8 Å². The van der Waals surface area contributed by atoms with E-state index in [9.17, 15) is 4.39 Å². The molecule has 2 aromatic rings. The van der Waals surface area contributed by atoms with E-state index >= 15 is 0 Å². The second kappa shape index (κ2) is 8.20. The molecule has 1 unspecified atom stereocenters. The summed E-state index contributed by atoms with van der Waals surface area (Å²) >= 11 is 1.53. The molecule has 0 fully saturated rings. The predicted octanol–water partition coefficient (Wildman–Crippen LogP) is 3.88. The molecular weight excluding hydrogens is 285 g/mol. The maximum atomic E-state index is 13.7. The topological polar surface area (TPSA) is 29.9 Å².